The van der Waals surface area contributed by atoms with E-state index in [9.17, 15) is 4.39 Å². The van der Waals surface area contributed by atoms with Gasteiger partial charge in [-0.3, -0.25) is 0 Å². The van der Waals surface area contributed by atoms with Crippen molar-refractivity contribution in [2.45, 2.75) is 57.8 Å². The fourth-order valence-corrected chi connectivity index (χ4v) is 2.90. The standard InChI is InChI=1S/C14H22FN3/c1-2-3-4-10-5-7-11(8-6-10)13-12(15)14(16)18-9-17-13/h9-11H,2-8H2,1H3,(H2,16,17,18). The fraction of sp³-hybridized carbons (Fsp3) is 0.714. The van der Waals surface area contributed by atoms with Crippen LogP contribution in [0.2, 0.25) is 0 Å². The minimum Gasteiger partial charge on any atom is -0.381 e. The van der Waals surface area contributed by atoms with Crippen LogP contribution >= 0.6 is 0 Å². The summed E-state index contributed by atoms with van der Waals surface area (Å²) in [6.45, 7) is 2.23. The molecule has 0 aromatic carbocycles. The third-order valence-corrected chi connectivity index (χ3v) is 4.04. The zero-order valence-electron chi connectivity index (χ0n) is 11.0. The number of nitrogens with zero attached hydrogens (tertiary/aromatic N) is 2. The van der Waals surface area contributed by atoms with E-state index in [-0.39, 0.29) is 11.7 Å². The van der Waals surface area contributed by atoms with Crippen LogP contribution in [0.5, 0.6) is 0 Å². The Kier molecular flexibility index (Phi) is 4.50. The monoisotopic (exact) mass is 251 g/mol. The molecular formula is C14H22FN3. The lowest BCUT2D eigenvalue weighted by Crippen LogP contribution is -2.16. The van der Waals surface area contributed by atoms with Gasteiger partial charge in [0.1, 0.15) is 6.33 Å². The maximum Gasteiger partial charge on any atom is 0.186 e. The van der Waals surface area contributed by atoms with Crippen LogP contribution in [0.4, 0.5) is 10.2 Å². The van der Waals surface area contributed by atoms with Crippen LogP contribution in [0.25, 0.3) is 0 Å². The SMILES string of the molecule is CCCCC1CCC(c2ncnc(N)c2F)CC1. The smallest absolute Gasteiger partial charge is 0.186 e. The number of nitrogen functional groups attached to an aromatic ring is 1. The molecular weight excluding hydrogens is 229 g/mol. The Morgan fingerprint density at radius 2 is 2.00 bits per heavy atom. The van der Waals surface area contributed by atoms with Gasteiger partial charge in [-0.25, -0.2) is 14.4 Å². The van der Waals surface area contributed by atoms with Gasteiger partial charge in [0.05, 0.1) is 5.69 Å². The number of unbranched alkanes of at least 4 members (excludes halogenated alkanes) is 1. The molecule has 0 amide bonds. The minimum absolute atomic E-state index is 0.0203. The topological polar surface area (TPSA) is 51.8 Å². The molecule has 0 spiro atoms. The third-order valence-electron chi connectivity index (χ3n) is 4.04. The zero-order chi connectivity index (χ0) is 13.0. The Morgan fingerprint density at radius 3 is 2.67 bits per heavy atom. The molecule has 4 heteroatoms. The van der Waals surface area contributed by atoms with Gasteiger partial charge in [0.25, 0.3) is 0 Å². The molecule has 0 aliphatic heterocycles. The van der Waals surface area contributed by atoms with E-state index in [1.54, 1.807) is 0 Å². The van der Waals surface area contributed by atoms with Crippen LogP contribution in [0.3, 0.4) is 0 Å². The number of nitrogens with two attached hydrogens (primary N) is 1. The van der Waals surface area contributed by atoms with Gasteiger partial charge in [-0.1, -0.05) is 26.2 Å². The Morgan fingerprint density at radius 1 is 1.28 bits per heavy atom. The van der Waals surface area contributed by atoms with Crippen molar-refractivity contribution in [3.63, 3.8) is 0 Å². The summed E-state index contributed by atoms with van der Waals surface area (Å²) < 4.78 is 13.8. The molecule has 1 aliphatic carbocycles. The molecule has 0 atom stereocenters. The second-order valence-corrected chi connectivity index (χ2v) is 5.32. The summed E-state index contributed by atoms with van der Waals surface area (Å²) >= 11 is 0. The van der Waals surface area contributed by atoms with Crippen molar-refractivity contribution in [3.05, 3.63) is 17.8 Å². The average molecular weight is 251 g/mol. The van der Waals surface area contributed by atoms with Crippen molar-refractivity contribution in [1.82, 2.24) is 9.97 Å². The van der Waals surface area contributed by atoms with Crippen molar-refractivity contribution < 1.29 is 4.39 Å². The highest BCUT2D eigenvalue weighted by molar-refractivity contribution is 5.32. The number of hydrogen-bond donors (Lipinski definition) is 1. The fourth-order valence-electron chi connectivity index (χ4n) is 2.90. The van der Waals surface area contributed by atoms with Gasteiger partial charge in [-0.05, 0) is 31.6 Å². The van der Waals surface area contributed by atoms with E-state index >= 15 is 0 Å². The maximum absolute atomic E-state index is 13.8. The summed E-state index contributed by atoms with van der Waals surface area (Å²) in [5.41, 5.74) is 6.02. The molecule has 100 valence electrons. The van der Waals surface area contributed by atoms with Crippen molar-refractivity contribution in [3.8, 4) is 0 Å². The first kappa shape index (κ1) is 13.2. The number of hydrogen-bond acceptors (Lipinski definition) is 3. The molecule has 1 aromatic heterocycles. The second-order valence-electron chi connectivity index (χ2n) is 5.32. The van der Waals surface area contributed by atoms with E-state index in [0.717, 1.165) is 18.8 Å². The third kappa shape index (κ3) is 2.98. The van der Waals surface area contributed by atoms with Gasteiger partial charge < -0.3 is 5.73 Å². The van der Waals surface area contributed by atoms with Crippen LogP contribution in [-0.4, -0.2) is 9.97 Å². The quantitative estimate of drug-likeness (QED) is 0.888. The van der Waals surface area contributed by atoms with Crippen molar-refractivity contribution in [2.24, 2.45) is 5.92 Å². The predicted molar refractivity (Wildman–Crippen MR) is 70.6 cm³/mol. The lowest BCUT2D eigenvalue weighted by atomic mass is 9.78. The summed E-state index contributed by atoms with van der Waals surface area (Å²) in [5.74, 6) is 0.624. The average Bonchev–Trinajstić information content (AvgIpc) is 2.40. The molecule has 0 saturated heterocycles. The molecule has 1 aliphatic rings. The Bertz CT molecular complexity index is 387. The molecule has 3 nitrogen and oxygen atoms in total. The molecule has 1 fully saturated rings. The van der Waals surface area contributed by atoms with E-state index in [4.69, 9.17) is 5.73 Å². The highest BCUT2D eigenvalue weighted by Gasteiger charge is 2.25. The summed E-state index contributed by atoms with van der Waals surface area (Å²) in [6.07, 6.45) is 9.70. The van der Waals surface area contributed by atoms with Crippen LogP contribution in [0.15, 0.2) is 6.33 Å². The van der Waals surface area contributed by atoms with Crippen molar-refractivity contribution in [1.29, 1.82) is 0 Å². The minimum atomic E-state index is -0.408. The zero-order valence-corrected chi connectivity index (χ0v) is 11.0. The largest absolute Gasteiger partial charge is 0.381 e. The normalized spacial score (nSPS) is 24.1. The van der Waals surface area contributed by atoms with Gasteiger partial charge in [0, 0.05) is 5.92 Å². The summed E-state index contributed by atoms with van der Waals surface area (Å²) in [4.78, 5) is 7.77. The first-order valence-electron chi connectivity index (χ1n) is 6.98. The first-order chi connectivity index (χ1) is 8.72. The predicted octanol–water partition coefficient (Wildman–Crippen LogP) is 3.66. The molecule has 0 unspecified atom stereocenters. The van der Waals surface area contributed by atoms with Gasteiger partial charge in [0.2, 0.25) is 0 Å². The highest BCUT2D eigenvalue weighted by Crippen LogP contribution is 2.38. The van der Waals surface area contributed by atoms with Crippen LogP contribution in [0, 0.1) is 11.7 Å². The van der Waals surface area contributed by atoms with E-state index in [1.807, 2.05) is 0 Å². The number of aromatic nitrogens is 2. The molecule has 1 heterocycles. The Balaban J connectivity index is 1.95. The van der Waals surface area contributed by atoms with Gasteiger partial charge in [-0.2, -0.15) is 0 Å². The number of rotatable bonds is 4. The van der Waals surface area contributed by atoms with Gasteiger partial charge >= 0.3 is 0 Å². The van der Waals surface area contributed by atoms with Crippen LogP contribution < -0.4 is 5.73 Å². The Hall–Kier alpha value is -1.19. The first-order valence-corrected chi connectivity index (χ1v) is 6.98. The molecule has 2 rings (SSSR count). The Labute approximate surface area is 108 Å². The highest BCUT2D eigenvalue weighted by atomic mass is 19.1. The molecule has 0 radical (unpaired) electrons. The lowest BCUT2D eigenvalue weighted by Gasteiger charge is -2.28. The summed E-state index contributed by atoms with van der Waals surface area (Å²) in [6, 6.07) is 0. The van der Waals surface area contributed by atoms with E-state index < -0.39 is 5.82 Å². The van der Waals surface area contributed by atoms with Crippen molar-refractivity contribution in [2.75, 3.05) is 5.73 Å². The van der Waals surface area contributed by atoms with Gasteiger partial charge in [0.15, 0.2) is 11.6 Å². The van der Waals surface area contributed by atoms with E-state index in [0.29, 0.717) is 5.69 Å². The molecule has 1 aromatic rings. The maximum atomic E-state index is 13.8. The molecule has 2 N–H and O–H groups in total. The molecule has 18 heavy (non-hydrogen) atoms. The van der Waals surface area contributed by atoms with E-state index in [2.05, 4.69) is 16.9 Å². The summed E-state index contributed by atoms with van der Waals surface area (Å²) in [5, 5.41) is 0. The van der Waals surface area contributed by atoms with Crippen LogP contribution in [0.1, 0.15) is 63.5 Å². The van der Waals surface area contributed by atoms with Crippen LogP contribution in [-0.2, 0) is 0 Å². The number of anilines is 1. The second kappa shape index (κ2) is 6.12. The lowest BCUT2D eigenvalue weighted by molar-refractivity contribution is 0.297. The van der Waals surface area contributed by atoms with Crippen molar-refractivity contribution >= 4 is 5.82 Å². The molecule has 1 saturated carbocycles. The van der Waals surface area contributed by atoms with Gasteiger partial charge in [-0.15, -0.1) is 0 Å². The number of halogens is 1. The molecule has 0 bridgehead atoms. The summed E-state index contributed by atoms with van der Waals surface area (Å²) in [7, 11) is 0. The van der Waals surface area contributed by atoms with E-state index in [1.165, 1.54) is 38.4 Å².